The smallest absolute Gasteiger partial charge is 0.310 e. The average molecular weight is 247 g/mol. The van der Waals surface area contributed by atoms with E-state index in [-0.39, 0.29) is 18.3 Å². The lowest BCUT2D eigenvalue weighted by Crippen LogP contribution is -2.19. The summed E-state index contributed by atoms with van der Waals surface area (Å²) in [6.45, 7) is 6.00. The van der Waals surface area contributed by atoms with E-state index < -0.39 is 0 Å². The molecule has 0 aliphatic heterocycles. The molecule has 0 aromatic heterocycles. The molecule has 1 amide bonds. The van der Waals surface area contributed by atoms with Crippen LogP contribution in [0.2, 0.25) is 0 Å². The molecular formula is C14H17NO3. The number of carbonyl (C=O) groups is 2. The lowest BCUT2D eigenvalue weighted by molar-refractivity contribution is -0.142. The van der Waals surface area contributed by atoms with Gasteiger partial charge in [0.05, 0.1) is 13.0 Å². The van der Waals surface area contributed by atoms with Gasteiger partial charge in [-0.25, -0.2) is 0 Å². The Bertz CT molecular complexity index is 423. The molecule has 1 aromatic carbocycles. The summed E-state index contributed by atoms with van der Waals surface area (Å²) in [5.41, 5.74) is 1.87. The van der Waals surface area contributed by atoms with Crippen LogP contribution in [0.3, 0.4) is 0 Å². The molecule has 0 heterocycles. The number of amides is 1. The van der Waals surface area contributed by atoms with Crippen molar-refractivity contribution in [2.75, 3.05) is 6.61 Å². The van der Waals surface area contributed by atoms with Gasteiger partial charge in [0.2, 0.25) is 5.91 Å². The molecule has 1 rings (SSSR count). The molecule has 96 valence electrons. The molecule has 0 saturated heterocycles. The molecule has 0 atom stereocenters. The zero-order chi connectivity index (χ0) is 13.4. The van der Waals surface area contributed by atoms with Crippen LogP contribution >= 0.6 is 0 Å². The number of hydrogen-bond donors (Lipinski definition) is 1. The SMILES string of the molecule is C=CC(=O)NCc1ccc(CC(=O)OCC)cc1. The normalized spacial score (nSPS) is 9.61. The number of esters is 1. The quantitative estimate of drug-likeness (QED) is 0.613. The van der Waals surface area contributed by atoms with Gasteiger partial charge in [-0.15, -0.1) is 0 Å². The van der Waals surface area contributed by atoms with Gasteiger partial charge in [-0.05, 0) is 24.1 Å². The molecule has 4 nitrogen and oxygen atoms in total. The Morgan fingerprint density at radius 2 is 1.89 bits per heavy atom. The van der Waals surface area contributed by atoms with Gasteiger partial charge in [-0.1, -0.05) is 30.8 Å². The van der Waals surface area contributed by atoms with E-state index in [1.54, 1.807) is 6.92 Å². The second kappa shape index (κ2) is 7.27. The maximum Gasteiger partial charge on any atom is 0.310 e. The summed E-state index contributed by atoms with van der Waals surface area (Å²) >= 11 is 0. The van der Waals surface area contributed by atoms with Crippen molar-refractivity contribution >= 4 is 11.9 Å². The summed E-state index contributed by atoms with van der Waals surface area (Å²) in [5, 5.41) is 2.68. The van der Waals surface area contributed by atoms with Gasteiger partial charge in [0.1, 0.15) is 0 Å². The van der Waals surface area contributed by atoms with Crippen molar-refractivity contribution in [1.82, 2.24) is 5.32 Å². The Balaban J connectivity index is 2.49. The third-order valence-corrected chi connectivity index (χ3v) is 2.33. The summed E-state index contributed by atoms with van der Waals surface area (Å²) < 4.78 is 4.86. The first-order valence-electron chi connectivity index (χ1n) is 5.79. The zero-order valence-corrected chi connectivity index (χ0v) is 10.4. The van der Waals surface area contributed by atoms with Gasteiger partial charge < -0.3 is 10.1 Å². The molecule has 0 saturated carbocycles. The Kier molecular flexibility index (Phi) is 5.64. The molecule has 0 aliphatic rings. The molecule has 0 fully saturated rings. The summed E-state index contributed by atoms with van der Waals surface area (Å²) in [7, 11) is 0. The summed E-state index contributed by atoms with van der Waals surface area (Å²) in [4.78, 5) is 22.2. The van der Waals surface area contributed by atoms with E-state index >= 15 is 0 Å². The number of hydrogen-bond acceptors (Lipinski definition) is 3. The fourth-order valence-corrected chi connectivity index (χ4v) is 1.41. The van der Waals surface area contributed by atoms with E-state index in [1.807, 2.05) is 24.3 Å². The highest BCUT2D eigenvalue weighted by Crippen LogP contribution is 2.06. The fraction of sp³-hybridized carbons (Fsp3) is 0.286. The summed E-state index contributed by atoms with van der Waals surface area (Å²) in [6, 6.07) is 7.45. The van der Waals surface area contributed by atoms with Crippen molar-refractivity contribution < 1.29 is 14.3 Å². The fourth-order valence-electron chi connectivity index (χ4n) is 1.41. The summed E-state index contributed by atoms with van der Waals surface area (Å²) in [5.74, 6) is -0.434. The van der Waals surface area contributed by atoms with E-state index in [2.05, 4.69) is 11.9 Å². The minimum Gasteiger partial charge on any atom is -0.466 e. The van der Waals surface area contributed by atoms with Gasteiger partial charge in [-0.3, -0.25) is 9.59 Å². The highest BCUT2D eigenvalue weighted by atomic mass is 16.5. The minimum absolute atomic E-state index is 0.203. The second-order valence-corrected chi connectivity index (χ2v) is 3.72. The first-order chi connectivity index (χ1) is 8.65. The van der Waals surface area contributed by atoms with Crippen molar-refractivity contribution in [2.45, 2.75) is 19.9 Å². The number of rotatable bonds is 6. The molecule has 1 N–H and O–H groups in total. The van der Waals surface area contributed by atoms with Crippen LogP contribution < -0.4 is 5.32 Å². The van der Waals surface area contributed by atoms with Gasteiger partial charge in [0.25, 0.3) is 0 Å². The number of benzene rings is 1. The molecular weight excluding hydrogens is 230 g/mol. The van der Waals surface area contributed by atoms with Gasteiger partial charge in [0, 0.05) is 6.54 Å². The highest BCUT2D eigenvalue weighted by Gasteiger charge is 2.03. The largest absolute Gasteiger partial charge is 0.466 e. The molecule has 0 unspecified atom stereocenters. The van der Waals surface area contributed by atoms with E-state index in [4.69, 9.17) is 4.74 Å². The van der Waals surface area contributed by atoms with Crippen LogP contribution in [-0.2, 0) is 27.3 Å². The molecule has 4 heteroatoms. The number of ether oxygens (including phenoxy) is 1. The van der Waals surface area contributed by atoms with Crippen LogP contribution in [0.5, 0.6) is 0 Å². The second-order valence-electron chi connectivity index (χ2n) is 3.72. The van der Waals surface area contributed by atoms with Crippen LogP contribution in [0.4, 0.5) is 0 Å². The molecule has 0 aliphatic carbocycles. The van der Waals surface area contributed by atoms with Gasteiger partial charge >= 0.3 is 5.97 Å². The molecule has 0 spiro atoms. The third-order valence-electron chi connectivity index (χ3n) is 2.33. The third kappa shape index (κ3) is 4.82. The van der Waals surface area contributed by atoms with Crippen LogP contribution in [0, 0.1) is 0 Å². The number of carbonyl (C=O) groups excluding carboxylic acids is 2. The van der Waals surface area contributed by atoms with Crippen molar-refractivity contribution in [1.29, 1.82) is 0 Å². The van der Waals surface area contributed by atoms with Gasteiger partial charge in [-0.2, -0.15) is 0 Å². The van der Waals surface area contributed by atoms with E-state index in [0.717, 1.165) is 11.1 Å². The molecule has 18 heavy (non-hydrogen) atoms. The Morgan fingerprint density at radius 1 is 1.28 bits per heavy atom. The first kappa shape index (κ1) is 14.0. The zero-order valence-electron chi connectivity index (χ0n) is 10.4. The Labute approximate surface area is 107 Å². The lowest BCUT2D eigenvalue weighted by atomic mass is 10.1. The highest BCUT2D eigenvalue weighted by molar-refractivity contribution is 5.86. The first-order valence-corrected chi connectivity index (χ1v) is 5.79. The number of nitrogens with one attached hydrogen (secondary N) is 1. The predicted molar refractivity (Wildman–Crippen MR) is 68.8 cm³/mol. The van der Waals surface area contributed by atoms with E-state index in [9.17, 15) is 9.59 Å². The molecule has 1 aromatic rings. The minimum atomic E-state index is -0.231. The Morgan fingerprint density at radius 3 is 2.44 bits per heavy atom. The van der Waals surface area contributed by atoms with Crippen molar-refractivity contribution in [3.05, 3.63) is 48.0 Å². The van der Waals surface area contributed by atoms with Crippen molar-refractivity contribution in [2.24, 2.45) is 0 Å². The van der Waals surface area contributed by atoms with E-state index in [0.29, 0.717) is 13.2 Å². The van der Waals surface area contributed by atoms with Crippen LogP contribution in [0.15, 0.2) is 36.9 Å². The monoisotopic (exact) mass is 247 g/mol. The van der Waals surface area contributed by atoms with Crippen molar-refractivity contribution in [3.8, 4) is 0 Å². The summed E-state index contributed by atoms with van der Waals surface area (Å²) in [6.07, 6.45) is 1.50. The average Bonchev–Trinajstić information content (AvgIpc) is 2.37. The predicted octanol–water partition coefficient (Wildman–Crippen LogP) is 1.59. The van der Waals surface area contributed by atoms with Crippen LogP contribution in [0.25, 0.3) is 0 Å². The van der Waals surface area contributed by atoms with E-state index in [1.165, 1.54) is 6.08 Å². The standard InChI is InChI=1S/C14H17NO3/c1-3-13(16)15-10-12-7-5-11(6-8-12)9-14(17)18-4-2/h3,5-8H,1,4,9-10H2,2H3,(H,15,16). The topological polar surface area (TPSA) is 55.4 Å². The van der Waals surface area contributed by atoms with Crippen LogP contribution in [0.1, 0.15) is 18.1 Å². The Hall–Kier alpha value is -2.10. The maximum absolute atomic E-state index is 11.3. The molecule has 0 bridgehead atoms. The van der Waals surface area contributed by atoms with Crippen molar-refractivity contribution in [3.63, 3.8) is 0 Å². The maximum atomic E-state index is 11.3. The molecule has 0 radical (unpaired) electrons. The van der Waals surface area contributed by atoms with Gasteiger partial charge in [0.15, 0.2) is 0 Å². The van der Waals surface area contributed by atoms with Crippen LogP contribution in [-0.4, -0.2) is 18.5 Å². The lowest BCUT2D eigenvalue weighted by Gasteiger charge is -2.05.